The van der Waals surface area contributed by atoms with Crippen molar-refractivity contribution in [2.45, 2.75) is 13.3 Å². The number of nitrogens with zero attached hydrogens (tertiary/aromatic N) is 2. The van der Waals surface area contributed by atoms with Gasteiger partial charge < -0.3 is 9.80 Å². The van der Waals surface area contributed by atoms with Crippen LogP contribution in [0.1, 0.15) is 22.3 Å². The minimum absolute atomic E-state index is 0.0874. The molecule has 0 radical (unpaired) electrons. The number of hydrogen-bond acceptors (Lipinski definition) is 2. The van der Waals surface area contributed by atoms with Crippen LogP contribution in [-0.2, 0) is 0 Å². The summed E-state index contributed by atoms with van der Waals surface area (Å²) >= 11 is 3.44. The molecule has 1 aromatic carbocycles. The minimum Gasteiger partial charge on any atom is -0.342 e. The summed E-state index contributed by atoms with van der Waals surface area (Å²) in [7, 11) is 5.94. The number of carbonyl (C=O) groups is 1. The van der Waals surface area contributed by atoms with Crippen LogP contribution in [0.3, 0.4) is 0 Å². The van der Waals surface area contributed by atoms with E-state index >= 15 is 0 Å². The number of hydrogen-bond donors (Lipinski definition) is 0. The van der Waals surface area contributed by atoms with Crippen molar-refractivity contribution in [1.82, 2.24) is 9.80 Å². The molecular formula is C14H21BrN2O. The zero-order valence-electron chi connectivity index (χ0n) is 11.5. The van der Waals surface area contributed by atoms with Crippen molar-refractivity contribution in [1.29, 1.82) is 0 Å². The zero-order chi connectivity index (χ0) is 13.7. The number of halogens is 1. The molecule has 0 saturated carbocycles. The predicted octanol–water partition coefficient (Wildman–Crippen LogP) is 2.78. The monoisotopic (exact) mass is 312 g/mol. The van der Waals surface area contributed by atoms with E-state index in [4.69, 9.17) is 0 Å². The molecule has 0 fully saturated rings. The Hall–Kier alpha value is -0.870. The summed E-state index contributed by atoms with van der Waals surface area (Å²) in [5, 5.41) is 0. The normalized spacial score (nSPS) is 10.8. The van der Waals surface area contributed by atoms with E-state index in [-0.39, 0.29) is 5.91 Å². The number of benzene rings is 1. The van der Waals surface area contributed by atoms with Crippen molar-refractivity contribution in [3.63, 3.8) is 0 Å². The standard InChI is InChI=1S/C14H21BrN2O/c1-11-10-12(6-7-13(11)15)14(18)17(4)9-5-8-16(2)3/h6-7,10H,5,8-9H2,1-4H3. The highest BCUT2D eigenvalue weighted by Crippen LogP contribution is 2.17. The van der Waals surface area contributed by atoms with Crippen LogP contribution in [0.25, 0.3) is 0 Å². The lowest BCUT2D eigenvalue weighted by Crippen LogP contribution is -2.29. The van der Waals surface area contributed by atoms with Gasteiger partial charge in [0.15, 0.2) is 0 Å². The fraction of sp³-hybridized carbons (Fsp3) is 0.500. The minimum atomic E-state index is 0.0874. The fourth-order valence-corrected chi connectivity index (χ4v) is 1.97. The van der Waals surface area contributed by atoms with Crippen molar-refractivity contribution < 1.29 is 4.79 Å². The summed E-state index contributed by atoms with van der Waals surface area (Å²) < 4.78 is 1.04. The summed E-state index contributed by atoms with van der Waals surface area (Å²) in [5.41, 5.74) is 1.84. The average Bonchev–Trinajstić information content (AvgIpc) is 2.31. The molecule has 0 aliphatic rings. The predicted molar refractivity (Wildman–Crippen MR) is 79.0 cm³/mol. The lowest BCUT2D eigenvalue weighted by Gasteiger charge is -2.19. The largest absolute Gasteiger partial charge is 0.342 e. The Kier molecular flexibility index (Phi) is 5.82. The molecule has 0 aromatic heterocycles. The van der Waals surface area contributed by atoms with Gasteiger partial charge in [0, 0.05) is 23.6 Å². The average molecular weight is 313 g/mol. The van der Waals surface area contributed by atoms with Crippen LogP contribution in [-0.4, -0.2) is 49.9 Å². The maximum Gasteiger partial charge on any atom is 0.253 e. The van der Waals surface area contributed by atoms with Crippen LogP contribution in [0.5, 0.6) is 0 Å². The Balaban J connectivity index is 2.60. The Labute approximate surface area is 118 Å². The lowest BCUT2D eigenvalue weighted by atomic mass is 10.1. The second-order valence-electron chi connectivity index (χ2n) is 4.85. The third-order valence-electron chi connectivity index (χ3n) is 2.85. The van der Waals surface area contributed by atoms with Crippen LogP contribution in [0.2, 0.25) is 0 Å². The highest BCUT2D eigenvalue weighted by molar-refractivity contribution is 9.10. The molecule has 1 amide bonds. The van der Waals surface area contributed by atoms with Gasteiger partial charge in [-0.05, 0) is 57.7 Å². The van der Waals surface area contributed by atoms with E-state index in [0.29, 0.717) is 0 Å². The molecule has 3 nitrogen and oxygen atoms in total. The van der Waals surface area contributed by atoms with Gasteiger partial charge in [0.25, 0.3) is 5.91 Å². The Bertz CT molecular complexity index is 418. The van der Waals surface area contributed by atoms with Gasteiger partial charge in [-0.2, -0.15) is 0 Å². The summed E-state index contributed by atoms with van der Waals surface area (Å²) in [6.45, 7) is 3.77. The first-order valence-corrected chi connectivity index (χ1v) is 6.87. The molecule has 0 saturated heterocycles. The van der Waals surface area contributed by atoms with E-state index in [1.807, 2.05) is 46.3 Å². The smallest absolute Gasteiger partial charge is 0.253 e. The molecule has 1 aromatic rings. The number of carbonyl (C=O) groups excluding carboxylic acids is 1. The third kappa shape index (κ3) is 4.42. The van der Waals surface area contributed by atoms with Gasteiger partial charge in [-0.3, -0.25) is 4.79 Å². The second-order valence-corrected chi connectivity index (χ2v) is 5.70. The third-order valence-corrected chi connectivity index (χ3v) is 3.74. The lowest BCUT2D eigenvalue weighted by molar-refractivity contribution is 0.0790. The van der Waals surface area contributed by atoms with Crippen molar-refractivity contribution in [2.24, 2.45) is 0 Å². The highest BCUT2D eigenvalue weighted by atomic mass is 79.9. The first-order valence-electron chi connectivity index (χ1n) is 6.08. The zero-order valence-corrected chi connectivity index (χ0v) is 13.1. The van der Waals surface area contributed by atoms with E-state index < -0.39 is 0 Å². The highest BCUT2D eigenvalue weighted by Gasteiger charge is 2.12. The first kappa shape index (κ1) is 15.2. The summed E-state index contributed by atoms with van der Waals surface area (Å²) in [6, 6.07) is 5.72. The second kappa shape index (κ2) is 6.90. The molecule has 100 valence electrons. The van der Waals surface area contributed by atoms with Crippen LogP contribution in [0.4, 0.5) is 0 Å². The van der Waals surface area contributed by atoms with Gasteiger partial charge in [0.2, 0.25) is 0 Å². The van der Waals surface area contributed by atoms with Crippen LogP contribution >= 0.6 is 15.9 Å². The van der Waals surface area contributed by atoms with E-state index in [1.54, 1.807) is 4.90 Å². The Morgan fingerprint density at radius 1 is 1.22 bits per heavy atom. The fourth-order valence-electron chi connectivity index (χ4n) is 1.72. The SMILES string of the molecule is Cc1cc(C(=O)N(C)CCCN(C)C)ccc1Br. The molecule has 18 heavy (non-hydrogen) atoms. The van der Waals surface area contributed by atoms with E-state index in [9.17, 15) is 4.79 Å². The van der Waals surface area contributed by atoms with Crippen molar-refractivity contribution in [3.05, 3.63) is 33.8 Å². The van der Waals surface area contributed by atoms with E-state index in [1.165, 1.54) is 0 Å². The van der Waals surface area contributed by atoms with Gasteiger partial charge in [-0.15, -0.1) is 0 Å². The van der Waals surface area contributed by atoms with Gasteiger partial charge in [-0.1, -0.05) is 15.9 Å². The van der Waals surface area contributed by atoms with Gasteiger partial charge in [0.05, 0.1) is 0 Å². The van der Waals surface area contributed by atoms with Gasteiger partial charge in [-0.25, -0.2) is 0 Å². The van der Waals surface area contributed by atoms with E-state index in [0.717, 1.165) is 35.1 Å². The summed E-state index contributed by atoms with van der Waals surface area (Å²) in [6.07, 6.45) is 0.991. The van der Waals surface area contributed by atoms with Gasteiger partial charge in [0.1, 0.15) is 0 Å². The molecule has 4 heteroatoms. The van der Waals surface area contributed by atoms with Crippen molar-refractivity contribution in [3.8, 4) is 0 Å². The molecular weight excluding hydrogens is 292 g/mol. The molecule has 0 bridgehead atoms. The Morgan fingerprint density at radius 2 is 1.89 bits per heavy atom. The number of rotatable bonds is 5. The topological polar surface area (TPSA) is 23.6 Å². The molecule has 0 spiro atoms. The quantitative estimate of drug-likeness (QED) is 0.834. The molecule has 0 unspecified atom stereocenters. The van der Waals surface area contributed by atoms with Crippen LogP contribution < -0.4 is 0 Å². The molecule has 0 aliphatic carbocycles. The molecule has 0 atom stereocenters. The van der Waals surface area contributed by atoms with Crippen LogP contribution in [0.15, 0.2) is 22.7 Å². The summed E-state index contributed by atoms with van der Waals surface area (Å²) in [4.78, 5) is 16.1. The van der Waals surface area contributed by atoms with Crippen LogP contribution in [0, 0.1) is 6.92 Å². The maximum absolute atomic E-state index is 12.2. The summed E-state index contributed by atoms with van der Waals surface area (Å²) in [5.74, 6) is 0.0874. The molecule has 1 rings (SSSR count). The van der Waals surface area contributed by atoms with Crippen molar-refractivity contribution in [2.75, 3.05) is 34.2 Å². The first-order chi connectivity index (χ1) is 8.41. The molecule has 0 N–H and O–H groups in total. The van der Waals surface area contributed by atoms with E-state index in [2.05, 4.69) is 20.8 Å². The number of amides is 1. The Morgan fingerprint density at radius 3 is 2.44 bits per heavy atom. The molecule has 0 heterocycles. The molecule has 0 aliphatic heterocycles. The van der Waals surface area contributed by atoms with Gasteiger partial charge >= 0.3 is 0 Å². The van der Waals surface area contributed by atoms with Crippen molar-refractivity contribution >= 4 is 21.8 Å². The number of aryl methyl sites for hydroxylation is 1. The maximum atomic E-state index is 12.2.